The average molecular weight is 141 g/mol. The number of hydrogen-bond acceptors (Lipinski definition) is 3. The second-order valence-electron chi connectivity index (χ2n) is 2.06. The Morgan fingerprint density at radius 1 is 1.70 bits per heavy atom. The third-order valence-corrected chi connectivity index (χ3v) is 1.30. The Labute approximate surface area is 59.3 Å². The van der Waals surface area contributed by atoms with Crippen LogP contribution in [-0.4, -0.2) is 21.3 Å². The van der Waals surface area contributed by atoms with Crippen molar-refractivity contribution in [1.29, 1.82) is 0 Å². The Kier molecular flexibility index (Phi) is 2.28. The molecule has 4 heteroatoms. The summed E-state index contributed by atoms with van der Waals surface area (Å²) >= 11 is 0. The SMILES string of the molecule is Nc1nccn1CCCO. The summed E-state index contributed by atoms with van der Waals surface area (Å²) in [7, 11) is 0. The van der Waals surface area contributed by atoms with Crippen molar-refractivity contribution in [3.05, 3.63) is 12.4 Å². The van der Waals surface area contributed by atoms with Crippen LogP contribution in [0.3, 0.4) is 0 Å². The van der Waals surface area contributed by atoms with E-state index in [9.17, 15) is 0 Å². The van der Waals surface area contributed by atoms with Gasteiger partial charge in [0, 0.05) is 25.5 Å². The van der Waals surface area contributed by atoms with Crippen LogP contribution < -0.4 is 5.73 Å². The number of aliphatic hydroxyl groups excluding tert-OH is 1. The van der Waals surface area contributed by atoms with Crippen LogP contribution >= 0.6 is 0 Å². The molecular formula is C6H11N3O. The number of imidazole rings is 1. The fraction of sp³-hybridized carbons (Fsp3) is 0.500. The molecule has 1 heterocycles. The van der Waals surface area contributed by atoms with Crippen molar-refractivity contribution in [3.8, 4) is 0 Å². The highest BCUT2D eigenvalue weighted by molar-refractivity contribution is 5.16. The molecule has 0 amide bonds. The number of aromatic nitrogens is 2. The Hall–Kier alpha value is -1.03. The topological polar surface area (TPSA) is 64.1 Å². The molecule has 3 N–H and O–H groups in total. The van der Waals surface area contributed by atoms with Crippen LogP contribution in [0.2, 0.25) is 0 Å². The molecule has 0 saturated carbocycles. The summed E-state index contributed by atoms with van der Waals surface area (Å²) < 4.78 is 1.80. The summed E-state index contributed by atoms with van der Waals surface area (Å²) in [6.45, 7) is 0.931. The molecule has 0 aliphatic rings. The third kappa shape index (κ3) is 1.48. The van der Waals surface area contributed by atoms with E-state index in [0.29, 0.717) is 5.95 Å². The molecule has 0 aliphatic heterocycles. The molecule has 1 rings (SSSR count). The minimum Gasteiger partial charge on any atom is -0.396 e. The van der Waals surface area contributed by atoms with E-state index in [1.165, 1.54) is 0 Å². The highest BCUT2D eigenvalue weighted by Crippen LogP contribution is 1.98. The minimum absolute atomic E-state index is 0.192. The van der Waals surface area contributed by atoms with Crippen molar-refractivity contribution < 1.29 is 5.11 Å². The Morgan fingerprint density at radius 2 is 2.50 bits per heavy atom. The van der Waals surface area contributed by atoms with Crippen molar-refractivity contribution in [1.82, 2.24) is 9.55 Å². The zero-order valence-electron chi connectivity index (χ0n) is 5.70. The highest BCUT2D eigenvalue weighted by Gasteiger charge is 1.94. The standard InChI is InChI=1S/C6H11N3O/c7-6-8-2-4-9(6)3-1-5-10/h2,4,10H,1,3,5H2,(H2,7,8). The zero-order chi connectivity index (χ0) is 7.40. The van der Waals surface area contributed by atoms with E-state index in [1.54, 1.807) is 17.0 Å². The van der Waals surface area contributed by atoms with Gasteiger partial charge in [-0.1, -0.05) is 0 Å². The van der Waals surface area contributed by atoms with Crippen LogP contribution in [0.5, 0.6) is 0 Å². The van der Waals surface area contributed by atoms with Gasteiger partial charge in [0.05, 0.1) is 0 Å². The number of aliphatic hydroxyl groups is 1. The maximum atomic E-state index is 8.48. The first-order valence-electron chi connectivity index (χ1n) is 3.22. The van der Waals surface area contributed by atoms with Gasteiger partial charge in [-0.25, -0.2) is 4.98 Å². The molecule has 10 heavy (non-hydrogen) atoms. The molecule has 56 valence electrons. The molecule has 0 bridgehead atoms. The number of rotatable bonds is 3. The predicted molar refractivity (Wildman–Crippen MR) is 38.3 cm³/mol. The van der Waals surface area contributed by atoms with Gasteiger partial charge in [-0.05, 0) is 6.42 Å². The van der Waals surface area contributed by atoms with Gasteiger partial charge in [0.1, 0.15) is 0 Å². The summed E-state index contributed by atoms with van der Waals surface area (Å²) in [6, 6.07) is 0. The number of aryl methyl sites for hydroxylation is 1. The molecule has 0 fully saturated rings. The van der Waals surface area contributed by atoms with Gasteiger partial charge in [0.25, 0.3) is 0 Å². The lowest BCUT2D eigenvalue weighted by Crippen LogP contribution is -2.03. The maximum absolute atomic E-state index is 8.48. The lowest BCUT2D eigenvalue weighted by atomic mass is 10.4. The second-order valence-corrected chi connectivity index (χ2v) is 2.06. The summed E-state index contributed by atoms with van der Waals surface area (Å²) in [4.78, 5) is 3.83. The summed E-state index contributed by atoms with van der Waals surface area (Å²) in [5.74, 6) is 0.508. The van der Waals surface area contributed by atoms with Crippen LogP contribution in [0.4, 0.5) is 5.95 Å². The maximum Gasteiger partial charge on any atom is 0.200 e. The van der Waals surface area contributed by atoms with Crippen LogP contribution in [0, 0.1) is 0 Å². The molecule has 0 radical (unpaired) electrons. The lowest BCUT2D eigenvalue weighted by Gasteiger charge is -2.00. The van der Waals surface area contributed by atoms with E-state index >= 15 is 0 Å². The van der Waals surface area contributed by atoms with Gasteiger partial charge in [0.15, 0.2) is 5.95 Å². The second kappa shape index (κ2) is 3.22. The smallest absolute Gasteiger partial charge is 0.200 e. The highest BCUT2D eigenvalue weighted by atomic mass is 16.3. The molecule has 0 saturated heterocycles. The number of nitrogen functional groups attached to an aromatic ring is 1. The average Bonchev–Trinajstić information content (AvgIpc) is 2.31. The quantitative estimate of drug-likeness (QED) is 0.615. The molecular weight excluding hydrogens is 130 g/mol. The van der Waals surface area contributed by atoms with Gasteiger partial charge in [-0.3, -0.25) is 0 Å². The van der Waals surface area contributed by atoms with E-state index in [0.717, 1.165) is 13.0 Å². The molecule has 0 aromatic carbocycles. The monoisotopic (exact) mass is 141 g/mol. The first-order chi connectivity index (χ1) is 4.84. The molecule has 1 aromatic heterocycles. The first-order valence-corrected chi connectivity index (χ1v) is 3.22. The van der Waals surface area contributed by atoms with Gasteiger partial charge >= 0.3 is 0 Å². The van der Waals surface area contributed by atoms with E-state index in [4.69, 9.17) is 10.8 Å². The van der Waals surface area contributed by atoms with Crippen molar-refractivity contribution in [3.63, 3.8) is 0 Å². The minimum atomic E-state index is 0.192. The summed E-state index contributed by atoms with van der Waals surface area (Å²) in [6.07, 6.45) is 4.16. The van der Waals surface area contributed by atoms with E-state index in [1.807, 2.05) is 0 Å². The zero-order valence-corrected chi connectivity index (χ0v) is 5.70. The van der Waals surface area contributed by atoms with Crippen LogP contribution in [-0.2, 0) is 6.54 Å². The van der Waals surface area contributed by atoms with Gasteiger partial charge in [-0.2, -0.15) is 0 Å². The van der Waals surface area contributed by atoms with Gasteiger partial charge in [-0.15, -0.1) is 0 Å². The summed E-state index contributed by atoms with van der Waals surface area (Å²) in [5, 5.41) is 8.48. The normalized spacial score (nSPS) is 10.1. The number of hydrogen-bond donors (Lipinski definition) is 2. The lowest BCUT2D eigenvalue weighted by molar-refractivity contribution is 0.280. The number of nitrogens with zero attached hydrogens (tertiary/aromatic N) is 2. The summed E-state index contributed by atoms with van der Waals surface area (Å²) in [5.41, 5.74) is 5.45. The van der Waals surface area contributed by atoms with Crippen molar-refractivity contribution in [2.75, 3.05) is 12.3 Å². The third-order valence-electron chi connectivity index (χ3n) is 1.30. The fourth-order valence-corrected chi connectivity index (χ4v) is 0.771. The van der Waals surface area contributed by atoms with Crippen LogP contribution in [0.15, 0.2) is 12.4 Å². The number of nitrogens with two attached hydrogens (primary N) is 1. The molecule has 0 aliphatic carbocycles. The Bertz CT molecular complexity index is 197. The Balaban J connectivity index is 2.49. The van der Waals surface area contributed by atoms with Crippen LogP contribution in [0.25, 0.3) is 0 Å². The van der Waals surface area contributed by atoms with Crippen LogP contribution in [0.1, 0.15) is 6.42 Å². The number of anilines is 1. The molecule has 0 atom stereocenters. The largest absolute Gasteiger partial charge is 0.396 e. The van der Waals surface area contributed by atoms with Gasteiger partial charge in [0.2, 0.25) is 0 Å². The Morgan fingerprint density at radius 3 is 3.00 bits per heavy atom. The van der Waals surface area contributed by atoms with Gasteiger partial charge < -0.3 is 15.4 Å². The molecule has 0 spiro atoms. The van der Waals surface area contributed by atoms with E-state index < -0.39 is 0 Å². The fourth-order valence-electron chi connectivity index (χ4n) is 0.771. The first kappa shape index (κ1) is 7.08. The van der Waals surface area contributed by atoms with Crippen molar-refractivity contribution in [2.24, 2.45) is 0 Å². The van der Waals surface area contributed by atoms with E-state index in [2.05, 4.69) is 4.98 Å². The predicted octanol–water partition coefficient (Wildman–Crippen LogP) is -0.152. The molecule has 4 nitrogen and oxygen atoms in total. The van der Waals surface area contributed by atoms with Crippen molar-refractivity contribution >= 4 is 5.95 Å². The van der Waals surface area contributed by atoms with Crippen molar-refractivity contribution in [2.45, 2.75) is 13.0 Å². The van der Waals surface area contributed by atoms with E-state index in [-0.39, 0.29) is 6.61 Å². The molecule has 1 aromatic rings. The molecule has 0 unspecified atom stereocenters.